The molecule has 0 amide bonds. The zero-order valence-corrected chi connectivity index (χ0v) is 9.47. The van der Waals surface area contributed by atoms with Crippen LogP contribution in [0.5, 0.6) is 5.88 Å². The fraction of sp³-hybridized carbons (Fsp3) is 0.273. The van der Waals surface area contributed by atoms with E-state index >= 15 is 0 Å². The number of ether oxygens (including phenoxy) is 1. The third-order valence-corrected chi connectivity index (χ3v) is 2.19. The summed E-state index contributed by atoms with van der Waals surface area (Å²) in [7, 11) is 0. The molecule has 0 spiro atoms. The summed E-state index contributed by atoms with van der Waals surface area (Å²) < 4.78 is 6.05. The predicted octanol–water partition coefficient (Wildman–Crippen LogP) is 3.08. The van der Waals surface area contributed by atoms with Crippen LogP contribution in [0.4, 0.5) is 0 Å². The van der Waals surface area contributed by atoms with E-state index < -0.39 is 0 Å². The summed E-state index contributed by atoms with van der Waals surface area (Å²) in [5.41, 5.74) is 1.79. The summed E-state index contributed by atoms with van der Waals surface area (Å²) in [5.74, 6) is 0.499. The number of hydrogen-bond donors (Lipinski definition) is 1. The first-order valence-corrected chi connectivity index (χ1v) is 5.23. The number of fused-ring (bicyclic) bond motifs is 1. The topological polar surface area (TPSA) is 37.9 Å². The molecule has 0 saturated carbocycles. The minimum atomic E-state index is 0.0776. The number of H-pyrrole nitrogens is 1. The van der Waals surface area contributed by atoms with Crippen LogP contribution >= 0.6 is 12.2 Å². The molecule has 0 saturated heterocycles. The normalized spacial score (nSPS) is 10.9. The molecule has 78 valence electrons. The van der Waals surface area contributed by atoms with Gasteiger partial charge in [0, 0.05) is 0 Å². The number of hydrogen-bond acceptors (Lipinski definition) is 3. The third kappa shape index (κ3) is 2.15. The average molecular weight is 220 g/mol. The monoisotopic (exact) mass is 220 g/mol. The summed E-state index contributed by atoms with van der Waals surface area (Å²) in [6.07, 6.45) is 0.0776. The van der Waals surface area contributed by atoms with Crippen molar-refractivity contribution in [1.82, 2.24) is 9.97 Å². The summed E-state index contributed by atoms with van der Waals surface area (Å²) in [6.45, 7) is 3.90. The largest absolute Gasteiger partial charge is 0.473 e. The second kappa shape index (κ2) is 3.98. The molecular weight excluding hydrogens is 208 g/mol. The van der Waals surface area contributed by atoms with E-state index in [2.05, 4.69) is 9.97 Å². The van der Waals surface area contributed by atoms with Crippen molar-refractivity contribution in [3.8, 4) is 5.88 Å². The summed E-state index contributed by atoms with van der Waals surface area (Å²) >= 11 is 5.15. The molecule has 1 heterocycles. The molecule has 0 bridgehead atoms. The molecule has 15 heavy (non-hydrogen) atoms. The number of para-hydroxylation sites is 2. The van der Waals surface area contributed by atoms with Crippen molar-refractivity contribution in [1.29, 1.82) is 0 Å². The predicted molar refractivity (Wildman–Crippen MR) is 62.7 cm³/mol. The van der Waals surface area contributed by atoms with Gasteiger partial charge in [-0.25, -0.2) is 4.98 Å². The van der Waals surface area contributed by atoms with Gasteiger partial charge in [-0.3, -0.25) is 0 Å². The molecule has 0 unspecified atom stereocenters. The van der Waals surface area contributed by atoms with Crippen molar-refractivity contribution < 1.29 is 4.74 Å². The van der Waals surface area contributed by atoms with E-state index in [4.69, 9.17) is 17.0 Å². The molecule has 0 aliphatic heterocycles. The van der Waals surface area contributed by atoms with Crippen LogP contribution < -0.4 is 4.74 Å². The Morgan fingerprint density at radius 1 is 1.33 bits per heavy atom. The highest BCUT2D eigenvalue weighted by molar-refractivity contribution is 7.71. The van der Waals surface area contributed by atoms with E-state index in [1.807, 2.05) is 38.1 Å². The Labute approximate surface area is 93.1 Å². The van der Waals surface area contributed by atoms with Crippen LogP contribution in [0.25, 0.3) is 11.0 Å². The van der Waals surface area contributed by atoms with Gasteiger partial charge in [0.05, 0.1) is 17.1 Å². The smallest absolute Gasteiger partial charge is 0.250 e. The first-order chi connectivity index (χ1) is 7.16. The lowest BCUT2D eigenvalue weighted by molar-refractivity contribution is 0.231. The molecule has 0 aliphatic carbocycles. The van der Waals surface area contributed by atoms with Crippen molar-refractivity contribution >= 4 is 23.3 Å². The van der Waals surface area contributed by atoms with Crippen LogP contribution in [0.15, 0.2) is 24.3 Å². The SMILES string of the molecule is CC(C)Oc1nc2ccccc2[nH]c1=S. The van der Waals surface area contributed by atoms with Gasteiger partial charge >= 0.3 is 0 Å². The van der Waals surface area contributed by atoms with Crippen molar-refractivity contribution in [2.24, 2.45) is 0 Å². The summed E-state index contributed by atoms with van der Waals surface area (Å²) in [5, 5.41) is 0. The van der Waals surface area contributed by atoms with E-state index in [9.17, 15) is 0 Å². The number of aromatic amines is 1. The standard InChI is InChI=1S/C11H12N2OS/c1-7(2)14-10-11(15)13-9-6-4-3-5-8(9)12-10/h3-7H,1-2H3,(H,13,15). The fourth-order valence-corrected chi connectivity index (χ4v) is 1.52. The molecule has 4 heteroatoms. The Balaban J connectivity index is 2.57. The Hall–Kier alpha value is -1.42. The summed E-state index contributed by atoms with van der Waals surface area (Å²) in [4.78, 5) is 7.45. The Bertz CT molecular complexity index is 533. The van der Waals surface area contributed by atoms with Gasteiger partial charge in [0.25, 0.3) is 0 Å². The lowest BCUT2D eigenvalue weighted by Gasteiger charge is -2.09. The van der Waals surface area contributed by atoms with E-state index in [-0.39, 0.29) is 6.10 Å². The maximum atomic E-state index is 5.51. The Kier molecular flexibility index (Phi) is 2.68. The van der Waals surface area contributed by atoms with Crippen molar-refractivity contribution in [2.45, 2.75) is 20.0 Å². The molecule has 0 aliphatic rings. The second-order valence-electron chi connectivity index (χ2n) is 3.55. The van der Waals surface area contributed by atoms with Crippen LogP contribution in [0, 0.1) is 4.64 Å². The molecule has 1 aromatic carbocycles. The van der Waals surface area contributed by atoms with Gasteiger partial charge in [0.2, 0.25) is 5.88 Å². The van der Waals surface area contributed by atoms with Gasteiger partial charge in [-0.05, 0) is 26.0 Å². The van der Waals surface area contributed by atoms with Crippen LogP contribution in [0.2, 0.25) is 0 Å². The summed E-state index contributed by atoms with van der Waals surface area (Å²) in [6, 6.07) is 7.74. The number of nitrogens with zero attached hydrogens (tertiary/aromatic N) is 1. The van der Waals surface area contributed by atoms with Crippen molar-refractivity contribution in [3.63, 3.8) is 0 Å². The van der Waals surface area contributed by atoms with Gasteiger partial charge < -0.3 is 9.72 Å². The second-order valence-corrected chi connectivity index (χ2v) is 3.96. The molecule has 2 aromatic rings. The van der Waals surface area contributed by atoms with Gasteiger partial charge in [0.15, 0.2) is 4.64 Å². The Morgan fingerprint density at radius 2 is 2.07 bits per heavy atom. The molecule has 1 aromatic heterocycles. The van der Waals surface area contributed by atoms with Crippen molar-refractivity contribution in [2.75, 3.05) is 0 Å². The number of benzene rings is 1. The molecule has 2 rings (SSSR count). The average Bonchev–Trinajstić information content (AvgIpc) is 2.18. The van der Waals surface area contributed by atoms with E-state index in [1.165, 1.54) is 0 Å². The van der Waals surface area contributed by atoms with E-state index in [1.54, 1.807) is 0 Å². The van der Waals surface area contributed by atoms with Crippen LogP contribution in [-0.4, -0.2) is 16.1 Å². The maximum Gasteiger partial charge on any atom is 0.250 e. The molecule has 1 N–H and O–H groups in total. The quantitative estimate of drug-likeness (QED) is 0.790. The molecule has 0 atom stereocenters. The van der Waals surface area contributed by atoms with Crippen LogP contribution in [-0.2, 0) is 0 Å². The lowest BCUT2D eigenvalue weighted by atomic mass is 10.3. The molecule has 0 radical (unpaired) electrons. The van der Waals surface area contributed by atoms with Crippen LogP contribution in [0.3, 0.4) is 0 Å². The minimum absolute atomic E-state index is 0.0776. The highest BCUT2D eigenvalue weighted by atomic mass is 32.1. The highest BCUT2D eigenvalue weighted by Gasteiger charge is 2.04. The van der Waals surface area contributed by atoms with Crippen molar-refractivity contribution in [3.05, 3.63) is 28.9 Å². The van der Waals surface area contributed by atoms with Gasteiger partial charge in [0.1, 0.15) is 0 Å². The number of rotatable bonds is 2. The molecule has 3 nitrogen and oxygen atoms in total. The van der Waals surface area contributed by atoms with Gasteiger partial charge in [-0.1, -0.05) is 24.4 Å². The van der Waals surface area contributed by atoms with Gasteiger partial charge in [-0.15, -0.1) is 0 Å². The van der Waals surface area contributed by atoms with Gasteiger partial charge in [-0.2, -0.15) is 0 Å². The minimum Gasteiger partial charge on any atom is -0.473 e. The zero-order chi connectivity index (χ0) is 10.8. The third-order valence-electron chi connectivity index (χ3n) is 1.92. The number of aromatic nitrogens is 2. The van der Waals surface area contributed by atoms with Crippen LogP contribution in [0.1, 0.15) is 13.8 Å². The van der Waals surface area contributed by atoms with E-state index in [0.29, 0.717) is 10.5 Å². The molecular formula is C11H12N2OS. The highest BCUT2D eigenvalue weighted by Crippen LogP contribution is 2.16. The van der Waals surface area contributed by atoms with E-state index in [0.717, 1.165) is 11.0 Å². The first-order valence-electron chi connectivity index (χ1n) is 4.82. The Morgan fingerprint density at radius 3 is 2.80 bits per heavy atom. The number of nitrogens with one attached hydrogen (secondary N) is 1. The maximum absolute atomic E-state index is 5.51. The zero-order valence-electron chi connectivity index (χ0n) is 8.65. The lowest BCUT2D eigenvalue weighted by Crippen LogP contribution is -2.08. The molecule has 0 fully saturated rings. The first kappa shape index (κ1) is 10.1. The fourth-order valence-electron chi connectivity index (χ4n) is 1.32.